The number of piperidine rings is 1. The Hall–Kier alpha value is -3.13. The summed E-state index contributed by atoms with van der Waals surface area (Å²) in [6.07, 6.45) is 4.49. The minimum atomic E-state index is -0.913. The average Bonchev–Trinajstić information content (AvgIpc) is 2.99. The normalized spacial score (nSPS) is 26.4. The van der Waals surface area contributed by atoms with Gasteiger partial charge in [-0.2, -0.15) is 13.8 Å². The first-order valence-corrected chi connectivity index (χ1v) is 11.2. The van der Waals surface area contributed by atoms with E-state index in [0.29, 0.717) is 28.4 Å². The molecular weight excluding hydrogens is 424 g/mol. The van der Waals surface area contributed by atoms with Crippen molar-refractivity contribution in [2.75, 3.05) is 11.9 Å². The minimum Gasteiger partial charge on any atom is -0.507 e. The molecule has 2 N–H and O–H groups in total. The summed E-state index contributed by atoms with van der Waals surface area (Å²) in [6.45, 7) is 4.60. The van der Waals surface area contributed by atoms with Gasteiger partial charge in [-0.1, -0.05) is 6.07 Å². The third-order valence-electron chi connectivity index (χ3n) is 7.13. The molecule has 0 amide bonds. The molecule has 2 bridgehead atoms. The zero-order valence-corrected chi connectivity index (χ0v) is 18.9. The summed E-state index contributed by atoms with van der Waals surface area (Å²) in [4.78, 5) is 5.30. The van der Waals surface area contributed by atoms with Crippen molar-refractivity contribution < 1.29 is 13.9 Å². The van der Waals surface area contributed by atoms with Crippen LogP contribution in [0.3, 0.4) is 0 Å². The highest BCUT2D eigenvalue weighted by Gasteiger charge is 2.49. The van der Waals surface area contributed by atoms with E-state index >= 15 is 0 Å². The van der Waals surface area contributed by atoms with E-state index in [-0.39, 0.29) is 16.8 Å². The summed E-state index contributed by atoms with van der Waals surface area (Å²) in [5.41, 5.74) is 2.11. The lowest BCUT2D eigenvalue weighted by molar-refractivity contribution is 0.207. The van der Waals surface area contributed by atoms with Gasteiger partial charge in [0.25, 0.3) is 0 Å². The van der Waals surface area contributed by atoms with Crippen molar-refractivity contribution in [2.24, 2.45) is 0 Å². The molecule has 3 atom stereocenters. The van der Waals surface area contributed by atoms with Crippen LogP contribution in [0.25, 0.3) is 22.4 Å². The summed E-state index contributed by atoms with van der Waals surface area (Å²) in [5, 5.41) is 23.1. The lowest BCUT2D eigenvalue weighted by atomic mass is 9.84. The number of nitrogens with zero attached hydrogens (tertiary/aromatic N) is 4. The molecule has 172 valence electrons. The predicted molar refractivity (Wildman–Crippen MR) is 123 cm³/mol. The summed E-state index contributed by atoms with van der Waals surface area (Å²) in [7, 11) is 2.06. The van der Waals surface area contributed by atoms with E-state index < -0.39 is 11.9 Å². The van der Waals surface area contributed by atoms with E-state index in [1.54, 1.807) is 12.1 Å². The molecule has 2 aromatic heterocycles. The number of hydrogen-bond donors (Lipinski definition) is 2. The molecule has 5 rings (SSSR count). The van der Waals surface area contributed by atoms with Crippen LogP contribution >= 0.6 is 0 Å². The smallest absolute Gasteiger partial charge is 0.216 e. The maximum absolute atomic E-state index is 13.4. The van der Waals surface area contributed by atoms with Crippen molar-refractivity contribution in [1.29, 1.82) is 0 Å². The molecule has 33 heavy (non-hydrogen) atoms. The van der Waals surface area contributed by atoms with Crippen LogP contribution < -0.4 is 10.2 Å². The molecule has 0 aliphatic carbocycles. The van der Waals surface area contributed by atoms with Gasteiger partial charge in [0.15, 0.2) is 5.82 Å². The second kappa shape index (κ2) is 7.73. The number of halogens is 2. The number of rotatable bonds is 4. The summed E-state index contributed by atoms with van der Waals surface area (Å²) in [6, 6.07) is 11.2. The molecule has 0 radical (unpaired) electrons. The fraction of sp³-hybridized carbons (Fsp3) is 0.400. The Kier molecular flexibility index (Phi) is 5.08. The number of benzene rings is 1. The Morgan fingerprint density at radius 3 is 2.18 bits per heavy atom. The van der Waals surface area contributed by atoms with E-state index in [1.807, 2.05) is 12.1 Å². The highest BCUT2D eigenvalue weighted by molar-refractivity contribution is 5.74. The molecule has 3 aromatic rings. The van der Waals surface area contributed by atoms with E-state index in [9.17, 15) is 13.9 Å². The van der Waals surface area contributed by atoms with Crippen LogP contribution in [0.4, 0.5) is 14.6 Å². The molecule has 2 saturated heterocycles. The van der Waals surface area contributed by atoms with E-state index in [1.165, 1.54) is 18.9 Å². The Morgan fingerprint density at radius 2 is 1.61 bits per heavy atom. The molecule has 0 unspecified atom stereocenters. The molecule has 2 aliphatic heterocycles. The van der Waals surface area contributed by atoms with Crippen molar-refractivity contribution in [2.45, 2.75) is 56.7 Å². The van der Waals surface area contributed by atoms with Gasteiger partial charge >= 0.3 is 0 Å². The molecule has 2 aliphatic rings. The molecule has 4 heterocycles. The maximum atomic E-state index is 13.4. The van der Waals surface area contributed by atoms with Crippen molar-refractivity contribution >= 4 is 5.82 Å². The molecule has 0 spiro atoms. The van der Waals surface area contributed by atoms with Crippen molar-refractivity contribution in [3.8, 4) is 28.1 Å². The van der Waals surface area contributed by atoms with Crippen LogP contribution in [0.5, 0.6) is 5.75 Å². The number of nitrogens with one attached hydrogen (secondary N) is 1. The lowest BCUT2D eigenvalue weighted by Gasteiger charge is -2.45. The Balaban J connectivity index is 1.36. The van der Waals surface area contributed by atoms with Crippen molar-refractivity contribution in [3.05, 3.63) is 54.4 Å². The first-order chi connectivity index (χ1) is 15.6. The van der Waals surface area contributed by atoms with Gasteiger partial charge in [0.05, 0.1) is 5.69 Å². The van der Waals surface area contributed by atoms with Crippen LogP contribution in [0.1, 0.15) is 39.5 Å². The number of phenols is 1. The molecule has 2 fully saturated rings. The summed E-state index contributed by atoms with van der Waals surface area (Å²) >= 11 is 0. The van der Waals surface area contributed by atoms with Gasteiger partial charge < -0.3 is 15.3 Å². The van der Waals surface area contributed by atoms with E-state index in [0.717, 1.165) is 30.8 Å². The number of aromatic hydroxyl groups is 1. The number of anilines is 1. The quantitative estimate of drug-likeness (QED) is 0.561. The fourth-order valence-corrected chi connectivity index (χ4v) is 5.50. The minimum absolute atomic E-state index is 0.0451. The van der Waals surface area contributed by atoms with Crippen LogP contribution in [0.2, 0.25) is 0 Å². The molecular formula is C25H27F2N5O. The van der Waals surface area contributed by atoms with Crippen LogP contribution in [0, 0.1) is 11.9 Å². The standard InChI is InChI=1S/C25H27F2N5O/c1-24-8-9-25(2,31-24)14-17(13-24)32(3)23-7-6-19(29-30-23)18-5-4-15(10-20(18)33)16-11-21(26)28-22(27)12-16/h4-7,10-12,17,31,33H,8-9,13-14H2,1-3H3/t17-,24+,25-. The highest BCUT2D eigenvalue weighted by Crippen LogP contribution is 2.43. The lowest BCUT2D eigenvalue weighted by Crippen LogP contribution is -2.58. The van der Waals surface area contributed by atoms with Crippen LogP contribution in [-0.4, -0.2) is 44.5 Å². The Labute approximate surface area is 191 Å². The second-order valence-electron chi connectivity index (χ2n) is 9.93. The van der Waals surface area contributed by atoms with E-state index in [4.69, 9.17) is 0 Å². The predicted octanol–water partition coefficient (Wildman–Crippen LogP) is 4.69. The van der Waals surface area contributed by atoms with Crippen LogP contribution in [-0.2, 0) is 0 Å². The van der Waals surface area contributed by atoms with Gasteiger partial charge in [-0.15, -0.1) is 10.2 Å². The third kappa shape index (κ3) is 4.15. The topological polar surface area (TPSA) is 74.2 Å². The number of hydrogen-bond acceptors (Lipinski definition) is 6. The van der Waals surface area contributed by atoms with Gasteiger partial charge in [0.2, 0.25) is 11.9 Å². The third-order valence-corrected chi connectivity index (χ3v) is 7.13. The maximum Gasteiger partial charge on any atom is 0.216 e. The molecule has 1 aromatic carbocycles. The number of aromatic nitrogens is 3. The van der Waals surface area contributed by atoms with Gasteiger partial charge in [0.1, 0.15) is 5.75 Å². The van der Waals surface area contributed by atoms with Crippen LogP contribution in [0.15, 0.2) is 42.5 Å². The zero-order valence-electron chi connectivity index (χ0n) is 18.9. The highest BCUT2D eigenvalue weighted by atomic mass is 19.1. The number of fused-ring (bicyclic) bond motifs is 2. The first kappa shape index (κ1) is 21.7. The Morgan fingerprint density at radius 1 is 0.939 bits per heavy atom. The van der Waals surface area contributed by atoms with Crippen molar-refractivity contribution in [3.63, 3.8) is 0 Å². The second-order valence-corrected chi connectivity index (χ2v) is 9.93. The average molecular weight is 452 g/mol. The molecule has 8 heteroatoms. The van der Waals surface area contributed by atoms with Gasteiger partial charge in [-0.3, -0.25) is 0 Å². The summed E-state index contributed by atoms with van der Waals surface area (Å²) < 4.78 is 26.9. The van der Waals surface area contributed by atoms with Crippen molar-refractivity contribution in [1.82, 2.24) is 20.5 Å². The van der Waals surface area contributed by atoms with Gasteiger partial charge in [0, 0.05) is 41.9 Å². The Bertz CT molecular complexity index is 1170. The number of phenolic OH excluding ortho intramolecular Hbond substituents is 1. The molecule has 6 nitrogen and oxygen atoms in total. The fourth-order valence-electron chi connectivity index (χ4n) is 5.50. The van der Waals surface area contributed by atoms with Gasteiger partial charge in [-0.05, 0) is 74.9 Å². The summed E-state index contributed by atoms with van der Waals surface area (Å²) in [5.74, 6) is -1.08. The zero-order chi connectivity index (χ0) is 23.4. The monoisotopic (exact) mass is 451 g/mol. The number of pyridine rings is 1. The van der Waals surface area contributed by atoms with Gasteiger partial charge in [-0.25, -0.2) is 0 Å². The largest absolute Gasteiger partial charge is 0.507 e. The molecule has 0 saturated carbocycles. The van der Waals surface area contributed by atoms with E-state index in [2.05, 4.69) is 46.3 Å². The SMILES string of the molecule is CN(c1ccc(-c2ccc(-c3cc(F)nc(F)c3)cc2O)nn1)[C@@H]1C[C@]2(C)CC[C@](C)(C1)N2. The first-order valence-electron chi connectivity index (χ1n) is 11.2.